The summed E-state index contributed by atoms with van der Waals surface area (Å²) in [5.41, 5.74) is 1.30. The van der Waals surface area contributed by atoms with Gasteiger partial charge >= 0.3 is 50.8 Å². The van der Waals surface area contributed by atoms with Gasteiger partial charge in [-0.2, -0.15) is 61.3 Å². The van der Waals surface area contributed by atoms with Gasteiger partial charge in [0.15, 0.2) is 56.2 Å². The van der Waals surface area contributed by atoms with E-state index in [2.05, 4.69) is 198 Å². The van der Waals surface area contributed by atoms with E-state index < -0.39 is 173 Å². The molecule has 3 fully saturated rings. The van der Waals surface area contributed by atoms with Crippen molar-refractivity contribution in [3.63, 3.8) is 0 Å². The van der Waals surface area contributed by atoms with Crippen LogP contribution < -0.4 is 0 Å². The van der Waals surface area contributed by atoms with E-state index in [0.717, 1.165) is 12.8 Å². The average molecular weight is 1690 g/mol. The maximum Gasteiger partial charge on any atom is 0.428 e. The van der Waals surface area contributed by atoms with Crippen molar-refractivity contribution in [3.8, 4) is 0 Å². The summed E-state index contributed by atoms with van der Waals surface area (Å²) in [6.07, 6.45) is 3.92. The topological polar surface area (TPSA) is 268 Å². The zero-order valence-corrected chi connectivity index (χ0v) is 66.6. The molecule has 6 aromatic carbocycles. The third-order valence-electron chi connectivity index (χ3n) is 18.7. The SMILES string of the molecule is CC(C)(C)OC(=O)C1CCN(S(=O)(=O)C(F)(F)C(F)(F)C(F)(F)S(=O)(=O)[O-])CC1.CCC(C)c1ccc([S+](c2ccccc2)c2ccccc2)cc1.CCC(C)c1ccc([S+](c2ccccc2)c2ccccc2)cc1.CCC1(OC(=O)COC(=O)C2CCN(S(=O)(=O)C(F)(F)C(F)(F)C(F)(F)S(=O)(=O)[O-])CC2)CCCC1. The molecule has 3 aliphatic rings. The maximum atomic E-state index is 14.1. The molecule has 2 heterocycles. The van der Waals surface area contributed by atoms with Crippen molar-refractivity contribution in [2.45, 2.75) is 211 Å². The first-order valence-corrected chi connectivity index (χ1v) is 43.3. The number of halogens is 12. The van der Waals surface area contributed by atoms with Crippen molar-refractivity contribution in [2.75, 3.05) is 32.8 Å². The molecule has 111 heavy (non-hydrogen) atoms. The molecule has 0 aromatic heterocycles. The summed E-state index contributed by atoms with van der Waals surface area (Å²) in [6.45, 7) is 10.8. The van der Waals surface area contributed by atoms with E-state index in [4.69, 9.17) is 14.2 Å². The van der Waals surface area contributed by atoms with Crippen LogP contribution in [0.25, 0.3) is 0 Å². The summed E-state index contributed by atoms with van der Waals surface area (Å²) in [5, 5.41) is -27.2. The molecule has 614 valence electrons. The molecular weight excluding hydrogens is 1610 g/mol. The minimum atomic E-state index is -7.38. The Balaban J connectivity index is 0.000000235. The number of nitrogens with zero attached hydrogens (tertiary/aromatic N) is 2. The van der Waals surface area contributed by atoms with Gasteiger partial charge in [0.25, 0.3) is 20.0 Å². The lowest BCUT2D eigenvalue weighted by Gasteiger charge is -2.37. The molecule has 1 aliphatic carbocycles. The van der Waals surface area contributed by atoms with E-state index in [1.807, 2.05) is 6.92 Å². The lowest BCUT2D eigenvalue weighted by atomic mass is 9.98. The summed E-state index contributed by atoms with van der Waals surface area (Å²) >= 11 is 0. The maximum absolute atomic E-state index is 14.1. The number of esters is 3. The number of hydrogen-bond acceptors (Lipinski definition) is 16. The van der Waals surface area contributed by atoms with E-state index in [9.17, 15) is 110 Å². The van der Waals surface area contributed by atoms with Crippen LogP contribution in [0.5, 0.6) is 0 Å². The van der Waals surface area contributed by atoms with Crippen LogP contribution in [-0.4, -0.2) is 146 Å². The lowest BCUT2D eigenvalue weighted by molar-refractivity contribution is -0.247. The molecule has 2 saturated heterocycles. The van der Waals surface area contributed by atoms with Gasteiger partial charge in [-0.15, -0.1) is 0 Å². The van der Waals surface area contributed by atoms with Gasteiger partial charge in [-0.1, -0.05) is 132 Å². The summed E-state index contributed by atoms with van der Waals surface area (Å²) < 4.78 is 288. The van der Waals surface area contributed by atoms with E-state index in [0.29, 0.717) is 31.1 Å². The Morgan fingerprint density at radius 3 is 0.991 bits per heavy atom. The molecule has 0 bridgehead atoms. The molecule has 1 saturated carbocycles. The largest absolute Gasteiger partial charge is 0.743 e. The molecule has 0 radical (unpaired) electrons. The first-order valence-electron chi connectivity index (χ1n) is 35.1. The number of benzene rings is 6. The number of hydrogen-bond donors (Lipinski definition) is 0. The Labute approximate surface area is 645 Å². The second-order valence-electron chi connectivity index (χ2n) is 27.5. The van der Waals surface area contributed by atoms with Gasteiger partial charge in [0.05, 0.1) is 33.6 Å². The normalized spacial score (nSPS) is 16.9. The van der Waals surface area contributed by atoms with E-state index >= 15 is 0 Å². The number of sulfonamides is 2. The smallest absolute Gasteiger partial charge is 0.428 e. The minimum absolute atomic E-state index is 0.0381. The molecule has 0 amide bonds. The zero-order valence-electron chi connectivity index (χ0n) is 61.7. The second kappa shape index (κ2) is 37.7. The van der Waals surface area contributed by atoms with Crippen LogP contribution in [0.3, 0.4) is 0 Å². The highest BCUT2D eigenvalue weighted by molar-refractivity contribution is 7.97. The monoisotopic (exact) mass is 1690 g/mol. The van der Waals surface area contributed by atoms with Gasteiger partial charge in [0.2, 0.25) is 0 Å². The summed E-state index contributed by atoms with van der Waals surface area (Å²) in [7, 11) is -27.9. The summed E-state index contributed by atoms with van der Waals surface area (Å²) in [4.78, 5) is 44.4. The second-order valence-corrected chi connectivity index (χ2v) is 38.3. The van der Waals surface area contributed by atoms with Gasteiger partial charge in [-0.3, -0.25) is 9.59 Å². The van der Waals surface area contributed by atoms with Crippen molar-refractivity contribution < 1.29 is 124 Å². The first kappa shape index (κ1) is 93.1. The predicted octanol–water partition coefficient (Wildman–Crippen LogP) is 16.5. The highest BCUT2D eigenvalue weighted by Gasteiger charge is 2.82. The highest BCUT2D eigenvalue weighted by Crippen LogP contribution is 2.53. The number of carbonyl (C=O) groups is 3. The number of carbonyl (C=O) groups excluding carboxylic acids is 3. The molecule has 2 aliphatic heterocycles. The summed E-state index contributed by atoms with van der Waals surface area (Å²) in [6, 6.07) is 61.7. The van der Waals surface area contributed by atoms with Crippen molar-refractivity contribution in [1.29, 1.82) is 0 Å². The quantitative estimate of drug-likeness (QED) is 0.0160. The van der Waals surface area contributed by atoms with Gasteiger partial charge in [0.1, 0.15) is 11.2 Å². The Bertz CT molecular complexity index is 4290. The lowest BCUT2D eigenvalue weighted by Crippen LogP contribution is -2.63. The zero-order chi connectivity index (χ0) is 83.2. The van der Waals surface area contributed by atoms with E-state index in [1.54, 1.807) is 0 Å². The fourth-order valence-electron chi connectivity index (χ4n) is 11.8. The fraction of sp³-hybridized carbons (Fsp3) is 0.480. The van der Waals surface area contributed by atoms with Crippen LogP contribution in [0.4, 0.5) is 52.7 Å². The van der Waals surface area contributed by atoms with Crippen LogP contribution in [0.2, 0.25) is 0 Å². The Kier molecular flexibility index (Phi) is 31.6. The Hall–Kier alpha value is -6.77. The van der Waals surface area contributed by atoms with Crippen molar-refractivity contribution >= 4 is 80.0 Å². The van der Waals surface area contributed by atoms with Gasteiger partial charge in [0, 0.05) is 26.2 Å². The molecule has 36 heteroatoms. The number of alkyl halides is 12. The first-order chi connectivity index (χ1) is 51.4. The number of piperidine rings is 2. The predicted molar refractivity (Wildman–Crippen MR) is 390 cm³/mol. The minimum Gasteiger partial charge on any atom is -0.743 e. The van der Waals surface area contributed by atoms with E-state index in [-0.39, 0.29) is 30.4 Å². The standard InChI is InChI=1S/2C22H23S.C18H25F6NO9S2.C13H19F6NO7S2/c2*1-3-18(2)19-14-16-22(17-15-19)23(20-10-6-4-7-11-20)21-12-8-5-9-13-21;1-2-15(7-3-4-8-15)34-13(26)11-33-14(27)12-5-9-25(10-6-12)35(28,29)17(21,22)16(19,20)18(23,24)36(30,31)32;1-10(2,3)27-9(21)8-4-6-20(7-5-8)28(22,23)12(16,17)11(14,15)13(18,19)29(24,25)26/h2*4-18H,3H2,1-2H3;12H,2-11H2,1H3,(H,30,31,32);8H,4-7H2,1-3H3,(H,24,25,26)/q2*+1;;/p-2. The molecule has 6 aromatic rings. The van der Waals surface area contributed by atoms with Crippen molar-refractivity contribution in [1.82, 2.24) is 8.61 Å². The fourth-order valence-corrected chi connectivity index (χ4v) is 19.9. The van der Waals surface area contributed by atoms with Crippen LogP contribution in [0.1, 0.15) is 149 Å². The number of rotatable bonds is 26. The molecule has 18 nitrogen and oxygen atoms in total. The molecular formula is C75H88F12N2O16S6. The van der Waals surface area contributed by atoms with Gasteiger partial charge < -0.3 is 23.3 Å². The van der Waals surface area contributed by atoms with Gasteiger partial charge in [-0.25, -0.2) is 38.5 Å². The van der Waals surface area contributed by atoms with Crippen LogP contribution in [0.15, 0.2) is 199 Å². The molecule has 0 N–H and O–H groups in total. The highest BCUT2D eigenvalue weighted by atomic mass is 32.2. The van der Waals surface area contributed by atoms with Crippen LogP contribution >= 0.6 is 0 Å². The van der Waals surface area contributed by atoms with Crippen LogP contribution in [0, 0.1) is 11.8 Å². The molecule has 9 rings (SSSR count). The van der Waals surface area contributed by atoms with E-state index in [1.165, 1.54) is 74.1 Å². The summed E-state index contributed by atoms with van der Waals surface area (Å²) in [5.74, 6) is -17.7. The third kappa shape index (κ3) is 21.8. The number of ether oxygens (including phenoxy) is 3. The molecule has 2 atom stereocenters. The van der Waals surface area contributed by atoms with Crippen molar-refractivity contribution in [2.24, 2.45) is 11.8 Å². The van der Waals surface area contributed by atoms with Crippen LogP contribution in [-0.2, 0) is 90.7 Å². The van der Waals surface area contributed by atoms with Gasteiger partial charge in [-0.05, 0) is 187 Å². The Morgan fingerprint density at radius 1 is 0.450 bits per heavy atom. The third-order valence-corrected chi connectivity index (χ3v) is 28.9. The Morgan fingerprint density at radius 2 is 0.730 bits per heavy atom. The molecule has 0 spiro atoms. The van der Waals surface area contributed by atoms with Crippen molar-refractivity contribution in [3.05, 3.63) is 181 Å². The molecule has 2 unspecified atom stereocenters. The average Bonchev–Trinajstić information content (AvgIpc) is 1.22.